The van der Waals surface area contributed by atoms with Gasteiger partial charge in [-0.05, 0) is 50.6 Å². The predicted octanol–water partition coefficient (Wildman–Crippen LogP) is 3.55. The molecular weight excluding hydrogens is 244 g/mol. The van der Waals surface area contributed by atoms with E-state index in [0.29, 0.717) is 0 Å². The number of hydrogen-bond acceptors (Lipinski definition) is 2. The maximum atomic E-state index is 3.47. The van der Waals surface area contributed by atoms with Crippen LogP contribution in [0.2, 0.25) is 0 Å². The number of halogens is 1. The minimum absolute atomic E-state index is 0. The molecule has 1 N–H and O–H groups in total. The average molecular weight is 277 g/mol. The second-order valence-corrected chi connectivity index (χ2v) is 6.01. The lowest BCUT2D eigenvalue weighted by Crippen LogP contribution is -2.42. The zero-order valence-electron chi connectivity index (χ0n) is 12.7. The Hall–Kier alpha value is 0.210. The van der Waals surface area contributed by atoms with Crippen LogP contribution in [0, 0.1) is 11.8 Å². The highest BCUT2D eigenvalue weighted by molar-refractivity contribution is 5.85. The molecular formula is C15H33ClN2. The lowest BCUT2D eigenvalue weighted by atomic mass is 9.95. The molecule has 2 nitrogen and oxygen atoms in total. The van der Waals surface area contributed by atoms with Crippen LogP contribution in [0.4, 0.5) is 0 Å². The van der Waals surface area contributed by atoms with Crippen molar-refractivity contribution >= 4 is 12.4 Å². The summed E-state index contributed by atoms with van der Waals surface area (Å²) in [4.78, 5) is 2.76. The second-order valence-electron chi connectivity index (χ2n) is 6.01. The fraction of sp³-hybridized carbons (Fsp3) is 1.00. The Morgan fingerprint density at radius 1 is 1.11 bits per heavy atom. The number of rotatable bonds is 7. The van der Waals surface area contributed by atoms with Gasteiger partial charge in [-0.1, -0.05) is 27.7 Å². The number of nitrogens with zero attached hydrogens (tertiary/aromatic N) is 1. The molecule has 110 valence electrons. The average Bonchev–Trinajstić information content (AvgIpc) is 2.31. The van der Waals surface area contributed by atoms with E-state index in [1.54, 1.807) is 0 Å². The molecule has 1 fully saturated rings. The quantitative estimate of drug-likeness (QED) is 0.765. The van der Waals surface area contributed by atoms with Crippen molar-refractivity contribution in [2.75, 3.05) is 26.2 Å². The molecule has 0 radical (unpaired) electrons. The summed E-state index contributed by atoms with van der Waals surface area (Å²) >= 11 is 0. The van der Waals surface area contributed by atoms with E-state index < -0.39 is 0 Å². The SMILES string of the molecule is CCC(CC)N(CC(C)C)CC1CCNCC1.Cl. The number of piperidine rings is 1. The molecule has 3 heteroatoms. The third kappa shape index (κ3) is 6.40. The molecule has 0 amide bonds. The van der Waals surface area contributed by atoms with Crippen molar-refractivity contribution < 1.29 is 0 Å². The summed E-state index contributed by atoms with van der Waals surface area (Å²) in [5.41, 5.74) is 0. The molecule has 1 heterocycles. The van der Waals surface area contributed by atoms with Crippen LogP contribution in [0.25, 0.3) is 0 Å². The highest BCUT2D eigenvalue weighted by Crippen LogP contribution is 2.18. The highest BCUT2D eigenvalue weighted by atomic mass is 35.5. The molecule has 0 aromatic carbocycles. The predicted molar refractivity (Wildman–Crippen MR) is 83.6 cm³/mol. The van der Waals surface area contributed by atoms with Gasteiger partial charge < -0.3 is 5.32 Å². The monoisotopic (exact) mass is 276 g/mol. The van der Waals surface area contributed by atoms with Crippen molar-refractivity contribution in [3.63, 3.8) is 0 Å². The van der Waals surface area contributed by atoms with Gasteiger partial charge in [0.25, 0.3) is 0 Å². The molecule has 0 bridgehead atoms. The van der Waals surface area contributed by atoms with Crippen LogP contribution in [0.15, 0.2) is 0 Å². The van der Waals surface area contributed by atoms with Gasteiger partial charge >= 0.3 is 0 Å². The van der Waals surface area contributed by atoms with Gasteiger partial charge in [-0.3, -0.25) is 4.90 Å². The molecule has 1 aliphatic rings. The standard InChI is InChI=1S/C15H32N2.ClH/c1-5-15(6-2)17(11-13(3)4)12-14-7-9-16-10-8-14;/h13-16H,5-12H2,1-4H3;1H. The van der Waals surface area contributed by atoms with Crippen LogP contribution < -0.4 is 5.32 Å². The molecule has 18 heavy (non-hydrogen) atoms. The van der Waals surface area contributed by atoms with E-state index in [2.05, 4.69) is 37.9 Å². The molecule has 0 saturated carbocycles. The van der Waals surface area contributed by atoms with Crippen molar-refractivity contribution in [2.24, 2.45) is 11.8 Å². The maximum Gasteiger partial charge on any atom is 0.00902 e. The summed E-state index contributed by atoms with van der Waals surface area (Å²) < 4.78 is 0. The minimum Gasteiger partial charge on any atom is -0.317 e. The van der Waals surface area contributed by atoms with E-state index in [4.69, 9.17) is 0 Å². The minimum atomic E-state index is 0. The lowest BCUT2D eigenvalue weighted by Gasteiger charge is -2.36. The number of nitrogens with one attached hydrogen (secondary N) is 1. The zero-order chi connectivity index (χ0) is 12.7. The van der Waals surface area contributed by atoms with Crippen molar-refractivity contribution in [1.82, 2.24) is 10.2 Å². The van der Waals surface area contributed by atoms with E-state index in [1.807, 2.05) is 0 Å². The largest absolute Gasteiger partial charge is 0.317 e. The topological polar surface area (TPSA) is 15.3 Å². The van der Waals surface area contributed by atoms with Crippen LogP contribution in [-0.2, 0) is 0 Å². The molecule has 1 saturated heterocycles. The molecule has 0 unspecified atom stereocenters. The molecule has 0 atom stereocenters. The normalized spacial score (nSPS) is 17.5. The Labute approximate surface area is 120 Å². The third-order valence-electron chi connectivity index (χ3n) is 4.01. The molecule has 1 aliphatic heterocycles. The lowest BCUT2D eigenvalue weighted by molar-refractivity contribution is 0.129. The number of hydrogen-bond donors (Lipinski definition) is 1. The van der Waals surface area contributed by atoms with Gasteiger partial charge in [0.2, 0.25) is 0 Å². The maximum absolute atomic E-state index is 3.47. The summed E-state index contributed by atoms with van der Waals surface area (Å²) in [6.07, 6.45) is 5.34. The third-order valence-corrected chi connectivity index (χ3v) is 4.01. The first-order valence-electron chi connectivity index (χ1n) is 7.62. The first-order chi connectivity index (χ1) is 8.17. The summed E-state index contributed by atoms with van der Waals surface area (Å²) in [5.74, 6) is 1.72. The first kappa shape index (κ1) is 18.2. The van der Waals surface area contributed by atoms with Gasteiger partial charge in [-0.15, -0.1) is 12.4 Å². The van der Waals surface area contributed by atoms with Crippen LogP contribution in [-0.4, -0.2) is 37.1 Å². The Morgan fingerprint density at radius 3 is 2.11 bits per heavy atom. The van der Waals surface area contributed by atoms with Crippen LogP contribution in [0.3, 0.4) is 0 Å². The summed E-state index contributed by atoms with van der Waals surface area (Å²) in [6.45, 7) is 14.4. The second kappa shape index (κ2) is 10.1. The van der Waals surface area contributed by atoms with Gasteiger partial charge in [0.05, 0.1) is 0 Å². The van der Waals surface area contributed by atoms with Gasteiger partial charge in [0.15, 0.2) is 0 Å². The van der Waals surface area contributed by atoms with E-state index in [1.165, 1.54) is 51.9 Å². The van der Waals surface area contributed by atoms with Crippen LogP contribution >= 0.6 is 12.4 Å². The van der Waals surface area contributed by atoms with Gasteiger partial charge in [0, 0.05) is 19.1 Å². The fourth-order valence-corrected chi connectivity index (χ4v) is 3.04. The molecule has 0 aromatic heterocycles. The highest BCUT2D eigenvalue weighted by Gasteiger charge is 2.21. The summed E-state index contributed by atoms with van der Waals surface area (Å²) in [7, 11) is 0. The summed E-state index contributed by atoms with van der Waals surface area (Å²) in [5, 5.41) is 3.47. The Balaban J connectivity index is 0.00000289. The first-order valence-corrected chi connectivity index (χ1v) is 7.62. The molecule has 0 aliphatic carbocycles. The van der Waals surface area contributed by atoms with Crippen LogP contribution in [0.5, 0.6) is 0 Å². The van der Waals surface area contributed by atoms with Crippen molar-refractivity contribution in [1.29, 1.82) is 0 Å². The fourth-order valence-electron chi connectivity index (χ4n) is 3.04. The Morgan fingerprint density at radius 2 is 1.67 bits per heavy atom. The van der Waals surface area contributed by atoms with Gasteiger partial charge in [0.1, 0.15) is 0 Å². The Bertz CT molecular complexity index is 187. The van der Waals surface area contributed by atoms with Crippen molar-refractivity contribution in [3.05, 3.63) is 0 Å². The molecule has 1 rings (SSSR count). The smallest absolute Gasteiger partial charge is 0.00902 e. The van der Waals surface area contributed by atoms with E-state index in [0.717, 1.165) is 17.9 Å². The summed E-state index contributed by atoms with van der Waals surface area (Å²) in [6, 6.07) is 0.798. The Kier molecular flexibility index (Phi) is 10.2. The zero-order valence-corrected chi connectivity index (χ0v) is 13.6. The van der Waals surface area contributed by atoms with E-state index in [9.17, 15) is 0 Å². The van der Waals surface area contributed by atoms with Crippen molar-refractivity contribution in [2.45, 2.75) is 59.4 Å². The van der Waals surface area contributed by atoms with Gasteiger partial charge in [-0.2, -0.15) is 0 Å². The van der Waals surface area contributed by atoms with E-state index in [-0.39, 0.29) is 12.4 Å². The molecule has 0 aromatic rings. The van der Waals surface area contributed by atoms with Gasteiger partial charge in [-0.25, -0.2) is 0 Å². The molecule has 0 spiro atoms. The van der Waals surface area contributed by atoms with E-state index >= 15 is 0 Å². The van der Waals surface area contributed by atoms with Crippen LogP contribution in [0.1, 0.15) is 53.4 Å². The van der Waals surface area contributed by atoms with Crippen molar-refractivity contribution in [3.8, 4) is 0 Å².